The smallest absolute Gasteiger partial charge is 0.187 e. The minimum absolute atomic E-state index is 0.0884. The summed E-state index contributed by atoms with van der Waals surface area (Å²) in [6, 6.07) is 4.85. The van der Waals surface area contributed by atoms with Gasteiger partial charge in [0.25, 0.3) is 0 Å². The average Bonchev–Trinajstić information content (AvgIpc) is 2.73. The standard InChI is InChI=1S/C17H16ClN5O2S2/c1-25-10-4-7-19-14(18)13(10)17(24,11-5-8-20-15(22-11)26-2)12-6-9-21-16(23-12)27-3/h4-9,24H,1-3H3. The van der Waals surface area contributed by atoms with Gasteiger partial charge in [-0.05, 0) is 30.7 Å². The maximum absolute atomic E-state index is 12.0. The van der Waals surface area contributed by atoms with E-state index in [1.807, 2.05) is 12.5 Å². The number of nitrogens with zero attached hydrogens (tertiary/aromatic N) is 5. The molecule has 27 heavy (non-hydrogen) atoms. The Balaban J connectivity index is 2.36. The van der Waals surface area contributed by atoms with Crippen molar-refractivity contribution in [3.05, 3.63) is 58.9 Å². The van der Waals surface area contributed by atoms with Crippen LogP contribution in [0.15, 0.2) is 47.1 Å². The van der Waals surface area contributed by atoms with Crippen LogP contribution in [0.2, 0.25) is 5.15 Å². The molecule has 3 rings (SSSR count). The van der Waals surface area contributed by atoms with E-state index in [2.05, 4.69) is 24.9 Å². The predicted molar refractivity (Wildman–Crippen MR) is 106 cm³/mol. The minimum Gasteiger partial charge on any atom is -0.496 e. The first-order valence-electron chi connectivity index (χ1n) is 7.71. The fourth-order valence-corrected chi connectivity index (χ4v) is 3.58. The molecule has 0 aliphatic carbocycles. The molecule has 0 fully saturated rings. The summed E-state index contributed by atoms with van der Waals surface area (Å²) in [5.74, 6) is 0.367. The summed E-state index contributed by atoms with van der Waals surface area (Å²) in [4.78, 5) is 21.4. The second-order valence-corrected chi connectivity index (χ2v) is 7.15. The Morgan fingerprint density at radius 1 is 0.926 bits per heavy atom. The lowest BCUT2D eigenvalue weighted by molar-refractivity contribution is 0.110. The molecule has 0 bridgehead atoms. The topological polar surface area (TPSA) is 93.9 Å². The van der Waals surface area contributed by atoms with Gasteiger partial charge in [-0.3, -0.25) is 0 Å². The fourth-order valence-electron chi connectivity index (χ4n) is 2.59. The SMILES string of the molecule is COc1ccnc(Cl)c1C(O)(c1ccnc(SC)n1)c1ccnc(SC)n1. The fraction of sp³-hybridized carbons (Fsp3) is 0.235. The first kappa shape index (κ1) is 19.8. The van der Waals surface area contributed by atoms with E-state index in [1.54, 1.807) is 30.6 Å². The highest BCUT2D eigenvalue weighted by Gasteiger charge is 2.42. The van der Waals surface area contributed by atoms with Crippen molar-refractivity contribution in [2.45, 2.75) is 15.9 Å². The summed E-state index contributed by atoms with van der Waals surface area (Å²) in [5, 5.41) is 13.1. The Bertz CT molecular complexity index is 913. The molecule has 0 aromatic carbocycles. The van der Waals surface area contributed by atoms with Gasteiger partial charge >= 0.3 is 0 Å². The lowest BCUT2D eigenvalue weighted by Crippen LogP contribution is -2.33. The molecule has 0 unspecified atom stereocenters. The van der Waals surface area contributed by atoms with Crippen molar-refractivity contribution in [1.29, 1.82) is 0 Å². The van der Waals surface area contributed by atoms with Gasteiger partial charge in [0.15, 0.2) is 15.9 Å². The number of pyridine rings is 1. The minimum atomic E-state index is -1.81. The Hall–Kier alpha value is -1.94. The van der Waals surface area contributed by atoms with Crippen LogP contribution < -0.4 is 4.74 Å². The van der Waals surface area contributed by atoms with E-state index in [4.69, 9.17) is 16.3 Å². The Kier molecular flexibility index (Phi) is 6.15. The number of rotatable bonds is 6. The zero-order valence-corrected chi connectivity index (χ0v) is 17.1. The zero-order chi connectivity index (χ0) is 19.4. The van der Waals surface area contributed by atoms with Crippen LogP contribution in [0.5, 0.6) is 5.75 Å². The summed E-state index contributed by atoms with van der Waals surface area (Å²) in [6.45, 7) is 0. The third-order valence-corrected chi connectivity index (χ3v) is 5.23. The number of thioether (sulfide) groups is 2. The number of hydrogen-bond acceptors (Lipinski definition) is 9. The highest BCUT2D eigenvalue weighted by molar-refractivity contribution is 7.98. The van der Waals surface area contributed by atoms with E-state index in [9.17, 15) is 5.11 Å². The molecule has 0 amide bonds. The monoisotopic (exact) mass is 421 g/mol. The molecule has 3 heterocycles. The van der Waals surface area contributed by atoms with Gasteiger partial charge in [0.1, 0.15) is 10.9 Å². The molecule has 3 aromatic rings. The Labute approximate surface area is 170 Å². The van der Waals surface area contributed by atoms with Crippen LogP contribution >= 0.6 is 35.1 Å². The van der Waals surface area contributed by atoms with Gasteiger partial charge in [-0.2, -0.15) is 0 Å². The van der Waals surface area contributed by atoms with Gasteiger partial charge < -0.3 is 9.84 Å². The molecule has 0 saturated carbocycles. The highest BCUT2D eigenvalue weighted by Crippen LogP contribution is 2.42. The molecule has 0 radical (unpaired) electrons. The van der Waals surface area contributed by atoms with E-state index >= 15 is 0 Å². The van der Waals surface area contributed by atoms with Crippen molar-refractivity contribution in [1.82, 2.24) is 24.9 Å². The maximum Gasteiger partial charge on any atom is 0.187 e. The van der Waals surface area contributed by atoms with Crippen LogP contribution in [-0.4, -0.2) is 49.6 Å². The van der Waals surface area contributed by atoms with Crippen LogP contribution in [-0.2, 0) is 5.60 Å². The van der Waals surface area contributed by atoms with Crippen LogP contribution in [0, 0.1) is 0 Å². The quantitative estimate of drug-likeness (QED) is 0.366. The summed E-state index contributed by atoms with van der Waals surface area (Å²) >= 11 is 9.11. The molecule has 7 nitrogen and oxygen atoms in total. The summed E-state index contributed by atoms with van der Waals surface area (Å²) in [7, 11) is 1.50. The predicted octanol–water partition coefficient (Wildman–Crippen LogP) is 3.05. The lowest BCUT2D eigenvalue weighted by atomic mass is 9.87. The molecule has 3 aromatic heterocycles. The third kappa shape index (κ3) is 3.73. The highest BCUT2D eigenvalue weighted by atomic mass is 35.5. The van der Waals surface area contributed by atoms with Crippen molar-refractivity contribution >= 4 is 35.1 Å². The van der Waals surface area contributed by atoms with E-state index in [0.717, 1.165) is 0 Å². The first-order chi connectivity index (χ1) is 13.0. The van der Waals surface area contributed by atoms with E-state index in [0.29, 0.717) is 27.5 Å². The van der Waals surface area contributed by atoms with Gasteiger partial charge in [-0.25, -0.2) is 24.9 Å². The second kappa shape index (κ2) is 8.39. The summed E-state index contributed by atoms with van der Waals surface area (Å²) < 4.78 is 5.45. The van der Waals surface area contributed by atoms with Crippen molar-refractivity contribution in [2.75, 3.05) is 19.6 Å². The number of halogens is 1. The van der Waals surface area contributed by atoms with Crippen LogP contribution in [0.1, 0.15) is 17.0 Å². The molecule has 140 valence electrons. The molecule has 0 atom stereocenters. The van der Waals surface area contributed by atoms with E-state index < -0.39 is 5.60 Å². The summed E-state index contributed by atoms with van der Waals surface area (Å²) in [5.41, 5.74) is -0.940. The van der Waals surface area contributed by atoms with Gasteiger partial charge in [0, 0.05) is 18.6 Å². The van der Waals surface area contributed by atoms with Crippen molar-refractivity contribution in [3.63, 3.8) is 0 Å². The average molecular weight is 422 g/mol. The molecule has 0 saturated heterocycles. The van der Waals surface area contributed by atoms with E-state index in [-0.39, 0.29) is 10.7 Å². The Morgan fingerprint density at radius 3 is 1.93 bits per heavy atom. The van der Waals surface area contributed by atoms with Crippen LogP contribution in [0.3, 0.4) is 0 Å². The molecule has 1 N–H and O–H groups in total. The van der Waals surface area contributed by atoms with Crippen molar-refractivity contribution < 1.29 is 9.84 Å². The Morgan fingerprint density at radius 2 is 1.44 bits per heavy atom. The maximum atomic E-state index is 12.0. The normalized spacial score (nSPS) is 11.4. The van der Waals surface area contributed by atoms with Gasteiger partial charge in [-0.1, -0.05) is 35.1 Å². The second-order valence-electron chi connectivity index (χ2n) is 5.25. The number of ether oxygens (including phenoxy) is 1. The van der Waals surface area contributed by atoms with Gasteiger partial charge in [0.2, 0.25) is 0 Å². The molecule has 10 heteroatoms. The molecular formula is C17H16ClN5O2S2. The van der Waals surface area contributed by atoms with Crippen LogP contribution in [0.4, 0.5) is 0 Å². The van der Waals surface area contributed by atoms with Crippen molar-refractivity contribution in [3.8, 4) is 5.75 Å². The summed E-state index contributed by atoms with van der Waals surface area (Å²) in [6.07, 6.45) is 8.36. The third-order valence-electron chi connectivity index (χ3n) is 3.82. The zero-order valence-electron chi connectivity index (χ0n) is 14.8. The number of hydrogen-bond donors (Lipinski definition) is 1. The van der Waals surface area contributed by atoms with Gasteiger partial charge in [-0.15, -0.1) is 0 Å². The first-order valence-corrected chi connectivity index (χ1v) is 10.5. The molecule has 0 spiro atoms. The van der Waals surface area contributed by atoms with Crippen LogP contribution in [0.25, 0.3) is 0 Å². The van der Waals surface area contributed by atoms with Crippen molar-refractivity contribution in [2.24, 2.45) is 0 Å². The molecular weight excluding hydrogens is 406 g/mol. The number of aromatic nitrogens is 5. The number of aliphatic hydroxyl groups is 1. The molecule has 0 aliphatic heterocycles. The van der Waals surface area contributed by atoms with Gasteiger partial charge in [0.05, 0.1) is 24.1 Å². The number of methoxy groups -OCH3 is 1. The molecule has 0 aliphatic rings. The van der Waals surface area contributed by atoms with E-state index in [1.165, 1.54) is 36.8 Å². The largest absolute Gasteiger partial charge is 0.496 e. The lowest BCUT2D eigenvalue weighted by Gasteiger charge is -2.29.